The fraction of sp³-hybridized carbons (Fsp3) is 0.294. The zero-order valence-corrected chi connectivity index (χ0v) is 12.9. The van der Waals surface area contributed by atoms with Crippen LogP contribution in [0, 0.1) is 0 Å². The molecular formula is C17H19NO2S. The standard InChI is InChI=1S/C17H19NO2S/c1-18(8-2-4-15-5-3-11-21-15)13-14-6-7-16-17(12-14)20-10-9-19-16/h2-7,11-12H,8-10,13H2,1H3/b4-2+. The number of hydrogen-bond donors (Lipinski definition) is 0. The van der Waals surface area contributed by atoms with Crippen LogP contribution < -0.4 is 9.47 Å². The summed E-state index contributed by atoms with van der Waals surface area (Å²) in [5.41, 5.74) is 1.24. The molecule has 110 valence electrons. The van der Waals surface area contributed by atoms with E-state index in [1.807, 2.05) is 6.07 Å². The van der Waals surface area contributed by atoms with Crippen molar-refractivity contribution in [3.8, 4) is 11.5 Å². The number of rotatable bonds is 5. The Kier molecular flexibility index (Phi) is 4.58. The van der Waals surface area contributed by atoms with Crippen LogP contribution in [0.15, 0.2) is 41.8 Å². The van der Waals surface area contributed by atoms with Gasteiger partial charge in [0.1, 0.15) is 13.2 Å². The van der Waals surface area contributed by atoms with Gasteiger partial charge in [-0.25, -0.2) is 0 Å². The molecule has 0 saturated carbocycles. The smallest absolute Gasteiger partial charge is 0.161 e. The minimum Gasteiger partial charge on any atom is -0.486 e. The lowest BCUT2D eigenvalue weighted by Crippen LogP contribution is -2.19. The fourth-order valence-corrected chi connectivity index (χ4v) is 2.94. The van der Waals surface area contributed by atoms with Crippen molar-refractivity contribution in [3.05, 3.63) is 52.2 Å². The molecular weight excluding hydrogens is 282 g/mol. The van der Waals surface area contributed by atoms with Crippen molar-refractivity contribution in [2.24, 2.45) is 0 Å². The average Bonchev–Trinajstić information content (AvgIpc) is 3.00. The third-order valence-electron chi connectivity index (χ3n) is 3.30. The molecule has 1 aromatic carbocycles. The van der Waals surface area contributed by atoms with E-state index in [4.69, 9.17) is 9.47 Å². The molecule has 0 spiro atoms. The molecule has 0 unspecified atom stereocenters. The lowest BCUT2D eigenvalue weighted by molar-refractivity contribution is 0.171. The molecule has 0 bridgehead atoms. The van der Waals surface area contributed by atoms with Gasteiger partial charge in [-0.05, 0) is 42.3 Å². The van der Waals surface area contributed by atoms with Crippen molar-refractivity contribution in [2.45, 2.75) is 6.54 Å². The van der Waals surface area contributed by atoms with Crippen LogP contribution in [0.1, 0.15) is 10.4 Å². The van der Waals surface area contributed by atoms with Crippen LogP contribution in [0.25, 0.3) is 6.08 Å². The highest BCUT2D eigenvalue weighted by molar-refractivity contribution is 7.10. The summed E-state index contributed by atoms with van der Waals surface area (Å²) in [5.74, 6) is 1.71. The Labute approximate surface area is 129 Å². The van der Waals surface area contributed by atoms with Crippen molar-refractivity contribution >= 4 is 17.4 Å². The largest absolute Gasteiger partial charge is 0.486 e. The Morgan fingerprint density at radius 3 is 2.86 bits per heavy atom. The zero-order valence-electron chi connectivity index (χ0n) is 12.1. The third-order valence-corrected chi connectivity index (χ3v) is 4.14. The molecule has 0 aliphatic carbocycles. The van der Waals surface area contributed by atoms with Gasteiger partial charge in [0.15, 0.2) is 11.5 Å². The second-order valence-corrected chi connectivity index (χ2v) is 6.07. The number of likely N-dealkylation sites (N-methyl/N-ethyl adjacent to an activating group) is 1. The summed E-state index contributed by atoms with van der Waals surface area (Å²) in [5, 5.41) is 2.10. The van der Waals surface area contributed by atoms with E-state index in [2.05, 4.69) is 53.7 Å². The summed E-state index contributed by atoms with van der Waals surface area (Å²) in [4.78, 5) is 3.57. The van der Waals surface area contributed by atoms with E-state index in [9.17, 15) is 0 Å². The van der Waals surface area contributed by atoms with Gasteiger partial charge in [-0.3, -0.25) is 4.90 Å². The number of ether oxygens (including phenoxy) is 2. The SMILES string of the molecule is CN(C/C=C/c1cccs1)Cc1ccc2c(c1)OCCO2. The van der Waals surface area contributed by atoms with Crippen LogP contribution in [0.3, 0.4) is 0 Å². The Balaban J connectivity index is 1.56. The molecule has 1 aliphatic rings. The van der Waals surface area contributed by atoms with Gasteiger partial charge in [0.25, 0.3) is 0 Å². The van der Waals surface area contributed by atoms with E-state index < -0.39 is 0 Å². The van der Waals surface area contributed by atoms with Crippen molar-refractivity contribution < 1.29 is 9.47 Å². The lowest BCUT2D eigenvalue weighted by Gasteiger charge is -2.20. The molecule has 0 saturated heterocycles. The second kappa shape index (κ2) is 6.78. The maximum Gasteiger partial charge on any atom is 0.161 e. The van der Waals surface area contributed by atoms with Gasteiger partial charge >= 0.3 is 0 Å². The monoisotopic (exact) mass is 301 g/mol. The summed E-state index contributed by atoms with van der Waals surface area (Å²) in [6, 6.07) is 10.4. The van der Waals surface area contributed by atoms with Crippen molar-refractivity contribution in [3.63, 3.8) is 0 Å². The molecule has 1 aliphatic heterocycles. The van der Waals surface area contributed by atoms with Crippen molar-refractivity contribution in [2.75, 3.05) is 26.8 Å². The normalized spacial score (nSPS) is 14.0. The van der Waals surface area contributed by atoms with Gasteiger partial charge in [-0.1, -0.05) is 18.2 Å². The summed E-state index contributed by atoms with van der Waals surface area (Å²) < 4.78 is 11.2. The van der Waals surface area contributed by atoms with Crippen LogP contribution >= 0.6 is 11.3 Å². The first-order valence-corrected chi connectivity index (χ1v) is 7.96. The first-order chi connectivity index (χ1) is 10.3. The highest BCUT2D eigenvalue weighted by atomic mass is 32.1. The predicted octanol–water partition coefficient (Wildman–Crippen LogP) is 3.66. The Bertz CT molecular complexity index is 607. The number of thiophene rings is 1. The molecule has 3 nitrogen and oxygen atoms in total. The zero-order chi connectivity index (χ0) is 14.5. The number of hydrogen-bond acceptors (Lipinski definition) is 4. The Morgan fingerprint density at radius 2 is 2.05 bits per heavy atom. The van der Waals surface area contributed by atoms with Crippen molar-refractivity contribution in [1.29, 1.82) is 0 Å². The van der Waals surface area contributed by atoms with Gasteiger partial charge in [0.2, 0.25) is 0 Å². The van der Waals surface area contributed by atoms with Crippen LogP contribution in [-0.2, 0) is 6.54 Å². The molecule has 2 aromatic rings. The molecule has 0 radical (unpaired) electrons. The topological polar surface area (TPSA) is 21.7 Å². The van der Waals surface area contributed by atoms with E-state index in [-0.39, 0.29) is 0 Å². The first-order valence-electron chi connectivity index (χ1n) is 7.08. The molecule has 0 atom stereocenters. The van der Waals surface area contributed by atoms with E-state index >= 15 is 0 Å². The van der Waals surface area contributed by atoms with Crippen LogP contribution in [0.5, 0.6) is 11.5 Å². The number of fused-ring (bicyclic) bond motifs is 1. The minimum atomic E-state index is 0.635. The highest BCUT2D eigenvalue weighted by Crippen LogP contribution is 2.30. The van der Waals surface area contributed by atoms with Crippen LogP contribution in [-0.4, -0.2) is 31.7 Å². The molecule has 3 rings (SSSR count). The fourth-order valence-electron chi connectivity index (χ4n) is 2.30. The summed E-state index contributed by atoms with van der Waals surface area (Å²) >= 11 is 1.76. The molecule has 0 amide bonds. The maximum absolute atomic E-state index is 5.62. The second-order valence-electron chi connectivity index (χ2n) is 5.09. The lowest BCUT2D eigenvalue weighted by atomic mass is 10.2. The molecule has 0 N–H and O–H groups in total. The van der Waals surface area contributed by atoms with Gasteiger partial charge in [-0.2, -0.15) is 0 Å². The Morgan fingerprint density at radius 1 is 1.19 bits per heavy atom. The summed E-state index contributed by atoms with van der Waals surface area (Å²) in [6.45, 7) is 3.09. The highest BCUT2D eigenvalue weighted by Gasteiger charge is 2.12. The summed E-state index contributed by atoms with van der Waals surface area (Å²) in [6.07, 6.45) is 4.37. The first kappa shape index (κ1) is 14.2. The van der Waals surface area contributed by atoms with Crippen LogP contribution in [0.4, 0.5) is 0 Å². The van der Waals surface area contributed by atoms with Crippen molar-refractivity contribution in [1.82, 2.24) is 4.90 Å². The van der Waals surface area contributed by atoms with Gasteiger partial charge in [-0.15, -0.1) is 11.3 Å². The van der Waals surface area contributed by atoms with E-state index in [1.54, 1.807) is 11.3 Å². The van der Waals surface area contributed by atoms with Gasteiger partial charge in [0.05, 0.1) is 0 Å². The van der Waals surface area contributed by atoms with Crippen LogP contribution in [0.2, 0.25) is 0 Å². The average molecular weight is 301 g/mol. The third kappa shape index (κ3) is 3.86. The van der Waals surface area contributed by atoms with E-state index in [0.717, 1.165) is 24.6 Å². The molecule has 0 fully saturated rings. The molecule has 1 aromatic heterocycles. The predicted molar refractivity (Wildman–Crippen MR) is 87.1 cm³/mol. The van der Waals surface area contributed by atoms with Gasteiger partial charge in [0, 0.05) is 18.0 Å². The molecule has 4 heteroatoms. The quantitative estimate of drug-likeness (QED) is 0.841. The molecule has 21 heavy (non-hydrogen) atoms. The number of nitrogens with zero attached hydrogens (tertiary/aromatic N) is 1. The van der Waals surface area contributed by atoms with Gasteiger partial charge < -0.3 is 9.47 Å². The summed E-state index contributed by atoms with van der Waals surface area (Å²) in [7, 11) is 2.12. The van der Waals surface area contributed by atoms with E-state index in [0.29, 0.717) is 13.2 Å². The minimum absolute atomic E-state index is 0.635. The number of benzene rings is 1. The maximum atomic E-state index is 5.62. The Hall–Kier alpha value is -1.78. The molecule has 2 heterocycles. The van der Waals surface area contributed by atoms with E-state index in [1.165, 1.54) is 10.4 Å².